The first-order valence-electron chi connectivity index (χ1n) is 6.67. The van der Waals surface area contributed by atoms with Crippen molar-refractivity contribution >= 4 is 15.9 Å². The number of hydrogen-bond acceptors (Lipinski definition) is 3. The van der Waals surface area contributed by atoms with Gasteiger partial charge in [-0.25, -0.2) is 4.39 Å². The summed E-state index contributed by atoms with van der Waals surface area (Å²) in [6.45, 7) is 1.82. The minimum Gasteiger partial charge on any atom is -0.290 e. The Morgan fingerprint density at radius 2 is 2.30 bits per heavy atom. The molecular weight excluding hydrogens is 323 g/mol. The van der Waals surface area contributed by atoms with Gasteiger partial charge in [-0.3, -0.25) is 9.58 Å². The number of rotatable bonds is 3. The predicted octanol–water partition coefficient (Wildman–Crippen LogP) is 3.05. The summed E-state index contributed by atoms with van der Waals surface area (Å²) < 4.78 is 16.0. The summed E-state index contributed by atoms with van der Waals surface area (Å²) in [5.74, 6) is -0.198. The zero-order valence-electron chi connectivity index (χ0n) is 11.3. The van der Waals surface area contributed by atoms with E-state index >= 15 is 0 Å². The van der Waals surface area contributed by atoms with Crippen molar-refractivity contribution in [2.45, 2.75) is 25.4 Å². The van der Waals surface area contributed by atoms with Gasteiger partial charge in [0, 0.05) is 19.6 Å². The van der Waals surface area contributed by atoms with Crippen LogP contribution in [0.4, 0.5) is 4.39 Å². The van der Waals surface area contributed by atoms with Crippen LogP contribution in [0.25, 0.3) is 0 Å². The largest absolute Gasteiger partial charge is 0.290 e. The molecule has 1 aliphatic heterocycles. The Kier molecular flexibility index (Phi) is 3.85. The molecule has 20 heavy (non-hydrogen) atoms. The molecule has 4 nitrogen and oxygen atoms in total. The summed E-state index contributed by atoms with van der Waals surface area (Å²) in [7, 11) is 1.90. The molecule has 0 aliphatic carbocycles. The van der Waals surface area contributed by atoms with Crippen molar-refractivity contribution in [2.75, 3.05) is 6.54 Å². The number of aromatic nitrogens is 3. The lowest BCUT2D eigenvalue weighted by Crippen LogP contribution is -2.24. The number of hydrogen-bond donors (Lipinski definition) is 0. The van der Waals surface area contributed by atoms with E-state index in [1.807, 2.05) is 13.1 Å². The molecule has 0 bridgehead atoms. The first-order valence-corrected chi connectivity index (χ1v) is 7.47. The van der Waals surface area contributed by atoms with Gasteiger partial charge in [0.15, 0.2) is 0 Å². The number of likely N-dealkylation sites (tertiary alicyclic amines) is 1. The van der Waals surface area contributed by atoms with E-state index in [1.165, 1.54) is 0 Å². The first-order chi connectivity index (χ1) is 9.65. The van der Waals surface area contributed by atoms with Gasteiger partial charge in [-0.2, -0.15) is 0 Å². The van der Waals surface area contributed by atoms with Gasteiger partial charge in [0.05, 0.1) is 16.4 Å². The monoisotopic (exact) mass is 338 g/mol. The average molecular weight is 339 g/mol. The van der Waals surface area contributed by atoms with Crippen LogP contribution in [0.3, 0.4) is 0 Å². The van der Waals surface area contributed by atoms with Crippen LogP contribution >= 0.6 is 15.9 Å². The van der Waals surface area contributed by atoms with Crippen LogP contribution < -0.4 is 0 Å². The van der Waals surface area contributed by atoms with Gasteiger partial charge >= 0.3 is 0 Å². The van der Waals surface area contributed by atoms with E-state index in [0.29, 0.717) is 4.47 Å². The Morgan fingerprint density at radius 1 is 1.45 bits per heavy atom. The third kappa shape index (κ3) is 2.62. The number of nitrogens with zero attached hydrogens (tertiary/aromatic N) is 4. The maximum Gasteiger partial charge on any atom is 0.137 e. The molecule has 2 aromatic rings. The lowest BCUT2D eigenvalue weighted by atomic mass is 10.0. The van der Waals surface area contributed by atoms with Crippen molar-refractivity contribution < 1.29 is 4.39 Å². The maximum absolute atomic E-state index is 13.7. The van der Waals surface area contributed by atoms with Gasteiger partial charge in [0.2, 0.25) is 0 Å². The molecule has 1 fully saturated rings. The van der Waals surface area contributed by atoms with Gasteiger partial charge in [0.1, 0.15) is 5.82 Å². The predicted molar refractivity (Wildman–Crippen MR) is 77.5 cm³/mol. The summed E-state index contributed by atoms with van der Waals surface area (Å²) in [6.07, 6.45) is 3.98. The summed E-state index contributed by atoms with van der Waals surface area (Å²) >= 11 is 3.20. The van der Waals surface area contributed by atoms with E-state index < -0.39 is 0 Å². The molecule has 1 aliphatic rings. The molecule has 0 N–H and O–H groups in total. The highest BCUT2D eigenvalue weighted by molar-refractivity contribution is 9.10. The second-order valence-corrected chi connectivity index (χ2v) is 6.01. The first kappa shape index (κ1) is 13.7. The summed E-state index contributed by atoms with van der Waals surface area (Å²) in [4.78, 5) is 2.36. The molecule has 0 radical (unpaired) electrons. The van der Waals surface area contributed by atoms with Crippen LogP contribution in [0.2, 0.25) is 0 Å². The molecule has 1 saturated heterocycles. The fourth-order valence-corrected chi connectivity index (χ4v) is 3.02. The van der Waals surface area contributed by atoms with Crippen molar-refractivity contribution in [3.05, 3.63) is 45.9 Å². The van der Waals surface area contributed by atoms with Crippen LogP contribution in [0, 0.1) is 5.82 Å². The molecule has 3 rings (SSSR count). The standard InChI is InChI=1S/C14H16BrFN4/c1-19-11(8-17-18-19)9-20-6-2-3-14(20)10-4-5-12(15)13(16)7-10/h4-5,7-8,14H,2-3,6,9H2,1H3/t14-/m0/s1. The van der Waals surface area contributed by atoms with Gasteiger partial charge in [-0.1, -0.05) is 11.3 Å². The van der Waals surface area contributed by atoms with E-state index in [1.54, 1.807) is 23.0 Å². The minimum atomic E-state index is -0.198. The molecule has 0 unspecified atom stereocenters. The Hall–Kier alpha value is -1.27. The molecule has 2 heterocycles. The van der Waals surface area contributed by atoms with Crippen LogP contribution in [0.1, 0.15) is 30.1 Å². The van der Waals surface area contributed by atoms with Crippen molar-refractivity contribution in [3.8, 4) is 0 Å². The number of aryl methyl sites for hydroxylation is 1. The van der Waals surface area contributed by atoms with Gasteiger partial charge in [-0.05, 0) is 53.0 Å². The van der Waals surface area contributed by atoms with Gasteiger partial charge in [-0.15, -0.1) is 5.10 Å². The molecule has 106 valence electrons. The molecule has 1 atom stereocenters. The van der Waals surface area contributed by atoms with E-state index in [2.05, 4.69) is 31.1 Å². The van der Waals surface area contributed by atoms with Crippen molar-refractivity contribution in [3.63, 3.8) is 0 Å². The zero-order chi connectivity index (χ0) is 14.1. The zero-order valence-corrected chi connectivity index (χ0v) is 12.8. The Labute approximate surface area is 125 Å². The van der Waals surface area contributed by atoms with Crippen LogP contribution in [0.15, 0.2) is 28.9 Å². The minimum absolute atomic E-state index is 0.198. The number of halogens is 2. The molecule has 0 amide bonds. The SMILES string of the molecule is Cn1nncc1CN1CCC[C@H]1c1ccc(Br)c(F)c1. The second-order valence-electron chi connectivity index (χ2n) is 5.15. The molecule has 0 saturated carbocycles. The Bertz CT molecular complexity index is 613. The smallest absolute Gasteiger partial charge is 0.137 e. The van der Waals surface area contributed by atoms with Crippen molar-refractivity contribution in [1.82, 2.24) is 19.9 Å². The van der Waals surface area contributed by atoms with Crippen LogP contribution in [-0.2, 0) is 13.6 Å². The third-order valence-corrected chi connectivity index (χ3v) is 4.51. The number of benzene rings is 1. The van der Waals surface area contributed by atoms with Crippen molar-refractivity contribution in [1.29, 1.82) is 0 Å². The molecule has 0 spiro atoms. The molecular formula is C14H16BrFN4. The molecule has 1 aromatic heterocycles. The molecule has 1 aromatic carbocycles. The lowest BCUT2D eigenvalue weighted by Gasteiger charge is -2.24. The molecule has 6 heteroatoms. The summed E-state index contributed by atoms with van der Waals surface area (Å²) in [5.41, 5.74) is 2.12. The van der Waals surface area contributed by atoms with Crippen LogP contribution in [-0.4, -0.2) is 26.4 Å². The van der Waals surface area contributed by atoms with Gasteiger partial charge in [0.25, 0.3) is 0 Å². The fraction of sp³-hybridized carbons (Fsp3) is 0.429. The highest BCUT2D eigenvalue weighted by Gasteiger charge is 2.27. The van der Waals surface area contributed by atoms with Crippen LogP contribution in [0.5, 0.6) is 0 Å². The topological polar surface area (TPSA) is 34.0 Å². The Balaban J connectivity index is 1.81. The highest BCUT2D eigenvalue weighted by Crippen LogP contribution is 2.34. The second kappa shape index (κ2) is 5.61. The van der Waals surface area contributed by atoms with E-state index in [-0.39, 0.29) is 11.9 Å². The van der Waals surface area contributed by atoms with Crippen molar-refractivity contribution in [2.24, 2.45) is 7.05 Å². The van der Waals surface area contributed by atoms with E-state index in [4.69, 9.17) is 0 Å². The maximum atomic E-state index is 13.7. The normalized spacial score (nSPS) is 19.6. The Morgan fingerprint density at radius 3 is 3.00 bits per heavy atom. The summed E-state index contributed by atoms with van der Waals surface area (Å²) in [5, 5.41) is 7.86. The summed E-state index contributed by atoms with van der Waals surface area (Å²) in [6, 6.07) is 5.69. The van der Waals surface area contributed by atoms with E-state index in [0.717, 1.165) is 37.2 Å². The third-order valence-electron chi connectivity index (χ3n) is 3.87. The van der Waals surface area contributed by atoms with Gasteiger partial charge < -0.3 is 0 Å². The quantitative estimate of drug-likeness (QED) is 0.862. The average Bonchev–Trinajstić information content (AvgIpc) is 3.04. The highest BCUT2D eigenvalue weighted by atomic mass is 79.9. The van der Waals surface area contributed by atoms with E-state index in [9.17, 15) is 4.39 Å². The fourth-order valence-electron chi connectivity index (χ4n) is 2.77. The lowest BCUT2D eigenvalue weighted by molar-refractivity contribution is 0.241.